The third-order valence-corrected chi connectivity index (χ3v) is 2.07. The summed E-state index contributed by atoms with van der Waals surface area (Å²) in [6, 6.07) is 4.16. The number of aromatic amines is 1. The molecule has 0 fully saturated rings. The van der Waals surface area contributed by atoms with Gasteiger partial charge in [0.05, 0.1) is 0 Å². The fourth-order valence-electron chi connectivity index (χ4n) is 1.37. The lowest BCUT2D eigenvalue weighted by Crippen LogP contribution is -2.05. The number of fused-ring (bicyclic) bond motifs is 1. The van der Waals surface area contributed by atoms with E-state index in [0.717, 1.165) is 5.56 Å². The third kappa shape index (κ3) is 1.22. The van der Waals surface area contributed by atoms with Crippen molar-refractivity contribution in [3.63, 3.8) is 0 Å². The molecule has 0 aliphatic carbocycles. The number of hydrogen-bond donors (Lipinski definition) is 1. The Morgan fingerprint density at radius 1 is 1.31 bits per heavy atom. The van der Waals surface area contributed by atoms with Crippen LogP contribution < -0.4 is 5.56 Å². The van der Waals surface area contributed by atoms with E-state index in [1.54, 1.807) is 6.20 Å². The molecule has 2 aromatic rings. The van der Waals surface area contributed by atoms with Gasteiger partial charge in [-0.15, -0.1) is 0 Å². The van der Waals surface area contributed by atoms with Crippen LogP contribution in [0.4, 0.5) is 4.39 Å². The molecule has 0 bridgehead atoms. The molecule has 1 N–H and O–H groups in total. The maximum atomic E-state index is 12.8. The average Bonchev–Trinajstić information content (AvgIpc) is 2.12. The van der Waals surface area contributed by atoms with Crippen LogP contribution in [0.3, 0.4) is 0 Å². The van der Waals surface area contributed by atoms with Crippen molar-refractivity contribution in [1.29, 1.82) is 0 Å². The zero-order chi connectivity index (χ0) is 9.42. The molecule has 0 radical (unpaired) electrons. The number of H-pyrrole nitrogens is 1. The van der Waals surface area contributed by atoms with Crippen molar-refractivity contribution in [2.24, 2.45) is 0 Å². The van der Waals surface area contributed by atoms with E-state index in [0.29, 0.717) is 10.8 Å². The van der Waals surface area contributed by atoms with Gasteiger partial charge in [0.1, 0.15) is 5.82 Å². The van der Waals surface area contributed by atoms with Crippen molar-refractivity contribution in [1.82, 2.24) is 4.98 Å². The van der Waals surface area contributed by atoms with E-state index in [1.807, 2.05) is 6.92 Å². The van der Waals surface area contributed by atoms with Crippen molar-refractivity contribution in [2.75, 3.05) is 0 Å². The van der Waals surface area contributed by atoms with Crippen LogP contribution >= 0.6 is 0 Å². The minimum Gasteiger partial charge on any atom is -0.328 e. The summed E-state index contributed by atoms with van der Waals surface area (Å²) in [5, 5.41) is 1.20. The number of nitrogens with one attached hydrogen (secondary N) is 1. The molecule has 0 unspecified atom stereocenters. The molecule has 0 aliphatic rings. The van der Waals surface area contributed by atoms with Gasteiger partial charge in [-0.05, 0) is 36.1 Å². The van der Waals surface area contributed by atoms with Gasteiger partial charge >= 0.3 is 0 Å². The number of halogens is 1. The first-order chi connectivity index (χ1) is 6.18. The maximum Gasteiger partial charge on any atom is 0.255 e. The van der Waals surface area contributed by atoms with Crippen LogP contribution in [0.5, 0.6) is 0 Å². The summed E-state index contributed by atoms with van der Waals surface area (Å²) >= 11 is 0. The molecule has 0 saturated heterocycles. The van der Waals surface area contributed by atoms with E-state index in [2.05, 4.69) is 4.98 Å². The Morgan fingerprint density at radius 3 is 2.85 bits per heavy atom. The zero-order valence-electron chi connectivity index (χ0n) is 7.10. The van der Waals surface area contributed by atoms with Gasteiger partial charge < -0.3 is 4.98 Å². The highest BCUT2D eigenvalue weighted by atomic mass is 19.1. The lowest BCUT2D eigenvalue weighted by molar-refractivity contribution is 0.629. The van der Waals surface area contributed by atoms with Crippen LogP contribution in [0.1, 0.15) is 5.56 Å². The molecular formula is C10H8FNO. The second-order valence-electron chi connectivity index (χ2n) is 2.99. The predicted octanol–water partition coefficient (Wildman–Crippen LogP) is 1.98. The molecule has 0 aliphatic heterocycles. The minimum atomic E-state index is -0.318. The fourth-order valence-corrected chi connectivity index (χ4v) is 1.37. The Morgan fingerprint density at radius 2 is 2.08 bits per heavy atom. The summed E-state index contributed by atoms with van der Waals surface area (Å²) in [5.41, 5.74) is 0.690. The topological polar surface area (TPSA) is 32.9 Å². The van der Waals surface area contributed by atoms with E-state index in [-0.39, 0.29) is 11.4 Å². The van der Waals surface area contributed by atoms with E-state index >= 15 is 0 Å². The van der Waals surface area contributed by atoms with Gasteiger partial charge in [-0.1, -0.05) is 0 Å². The second kappa shape index (κ2) is 2.69. The number of aromatic nitrogens is 1. The molecule has 1 aromatic heterocycles. The van der Waals surface area contributed by atoms with Gasteiger partial charge in [-0.25, -0.2) is 4.39 Å². The van der Waals surface area contributed by atoms with Gasteiger partial charge in [-0.3, -0.25) is 4.79 Å². The molecule has 3 heteroatoms. The molecule has 1 heterocycles. The number of hydrogen-bond acceptors (Lipinski definition) is 1. The van der Waals surface area contributed by atoms with Crippen LogP contribution in [-0.2, 0) is 0 Å². The second-order valence-corrected chi connectivity index (χ2v) is 2.99. The molecule has 0 amide bonds. The van der Waals surface area contributed by atoms with Gasteiger partial charge in [0.25, 0.3) is 5.56 Å². The quantitative estimate of drug-likeness (QED) is 0.655. The number of aryl methyl sites for hydroxylation is 1. The molecule has 1 aromatic carbocycles. The molecule has 2 rings (SSSR count). The standard InChI is InChI=1S/C10H8FNO/c1-6-5-12-10(13)8-3-2-7(11)4-9(6)8/h2-5H,1H3,(H,12,13). The van der Waals surface area contributed by atoms with Crippen LogP contribution in [0.15, 0.2) is 29.2 Å². The minimum absolute atomic E-state index is 0.180. The Bertz CT molecular complexity index is 516. The van der Waals surface area contributed by atoms with Crippen molar-refractivity contribution in [2.45, 2.75) is 6.92 Å². The molecule has 0 atom stereocenters. The van der Waals surface area contributed by atoms with Crippen LogP contribution in [-0.4, -0.2) is 4.98 Å². The van der Waals surface area contributed by atoms with Crippen molar-refractivity contribution >= 4 is 10.8 Å². The molecule has 0 saturated carbocycles. The number of rotatable bonds is 0. The van der Waals surface area contributed by atoms with E-state index in [9.17, 15) is 9.18 Å². The van der Waals surface area contributed by atoms with E-state index in [4.69, 9.17) is 0 Å². The van der Waals surface area contributed by atoms with Crippen molar-refractivity contribution in [3.05, 3.63) is 46.1 Å². The summed E-state index contributed by atoms with van der Waals surface area (Å²) in [7, 11) is 0. The summed E-state index contributed by atoms with van der Waals surface area (Å²) < 4.78 is 12.8. The number of benzene rings is 1. The van der Waals surface area contributed by atoms with Crippen LogP contribution in [0, 0.1) is 12.7 Å². The van der Waals surface area contributed by atoms with E-state index < -0.39 is 0 Å². The van der Waals surface area contributed by atoms with E-state index in [1.165, 1.54) is 18.2 Å². The van der Waals surface area contributed by atoms with Gasteiger partial charge in [0.15, 0.2) is 0 Å². The molecule has 13 heavy (non-hydrogen) atoms. The van der Waals surface area contributed by atoms with Crippen molar-refractivity contribution in [3.8, 4) is 0 Å². The summed E-state index contributed by atoms with van der Waals surface area (Å²) in [5.74, 6) is -0.318. The number of pyridine rings is 1. The van der Waals surface area contributed by atoms with Gasteiger partial charge in [-0.2, -0.15) is 0 Å². The molecule has 2 nitrogen and oxygen atoms in total. The van der Waals surface area contributed by atoms with Gasteiger partial charge in [0.2, 0.25) is 0 Å². The molecule has 0 spiro atoms. The highest BCUT2D eigenvalue weighted by Gasteiger charge is 2.01. The summed E-state index contributed by atoms with van der Waals surface area (Å²) in [6.07, 6.45) is 1.59. The summed E-state index contributed by atoms with van der Waals surface area (Å²) in [4.78, 5) is 13.8. The lowest BCUT2D eigenvalue weighted by atomic mass is 10.1. The molecular weight excluding hydrogens is 169 g/mol. The average molecular weight is 177 g/mol. The Labute approximate surface area is 74.0 Å². The monoisotopic (exact) mass is 177 g/mol. The van der Waals surface area contributed by atoms with Gasteiger partial charge in [0, 0.05) is 11.6 Å². The largest absolute Gasteiger partial charge is 0.328 e. The van der Waals surface area contributed by atoms with Crippen LogP contribution in [0.25, 0.3) is 10.8 Å². The third-order valence-electron chi connectivity index (χ3n) is 2.07. The maximum absolute atomic E-state index is 12.8. The Balaban J connectivity index is 3.01. The molecule has 66 valence electrons. The van der Waals surface area contributed by atoms with Crippen molar-refractivity contribution < 1.29 is 4.39 Å². The predicted molar refractivity (Wildman–Crippen MR) is 49.3 cm³/mol. The smallest absolute Gasteiger partial charge is 0.255 e. The summed E-state index contributed by atoms with van der Waals surface area (Å²) in [6.45, 7) is 1.83. The highest BCUT2D eigenvalue weighted by Crippen LogP contribution is 2.14. The highest BCUT2D eigenvalue weighted by molar-refractivity contribution is 5.84. The first-order valence-electron chi connectivity index (χ1n) is 3.96. The lowest BCUT2D eigenvalue weighted by Gasteiger charge is -1.99. The Hall–Kier alpha value is -1.64. The Kier molecular flexibility index (Phi) is 1.65. The normalized spacial score (nSPS) is 10.6. The zero-order valence-corrected chi connectivity index (χ0v) is 7.10. The van der Waals surface area contributed by atoms with Crippen LogP contribution in [0.2, 0.25) is 0 Å². The SMILES string of the molecule is Cc1c[nH]c(=O)c2ccc(F)cc12. The first kappa shape index (κ1) is 7.98. The fraction of sp³-hybridized carbons (Fsp3) is 0.100. The first-order valence-corrected chi connectivity index (χ1v) is 3.96.